The predicted molar refractivity (Wildman–Crippen MR) is 193 cm³/mol. The molecule has 2 heterocycles. The summed E-state index contributed by atoms with van der Waals surface area (Å²) in [5.74, 6) is 0. The van der Waals surface area contributed by atoms with Crippen LogP contribution in [0.5, 0.6) is 0 Å². The molecule has 0 fully saturated rings. The minimum atomic E-state index is 0.914. The number of benzene rings is 8. The van der Waals surface area contributed by atoms with Crippen molar-refractivity contribution in [2.75, 3.05) is 0 Å². The maximum atomic E-state index is 6.33. The summed E-state index contributed by atoms with van der Waals surface area (Å²) in [5.41, 5.74) is 13.2. The van der Waals surface area contributed by atoms with Gasteiger partial charge in [-0.25, -0.2) is 0 Å². The van der Waals surface area contributed by atoms with E-state index in [1.807, 2.05) is 12.1 Å². The van der Waals surface area contributed by atoms with E-state index in [1.54, 1.807) is 0 Å². The van der Waals surface area contributed by atoms with E-state index < -0.39 is 0 Å². The van der Waals surface area contributed by atoms with Gasteiger partial charge in [0.2, 0.25) is 0 Å². The number of para-hydroxylation sites is 2. The Bertz CT molecular complexity index is 2890. The van der Waals surface area contributed by atoms with Crippen LogP contribution < -0.4 is 0 Å². The van der Waals surface area contributed by atoms with E-state index in [0.717, 1.165) is 33.1 Å². The number of fused-ring (bicyclic) bond motifs is 10. The van der Waals surface area contributed by atoms with Crippen LogP contribution in [0.4, 0.5) is 0 Å². The smallest absolute Gasteiger partial charge is 0.137 e. The Hall–Kier alpha value is -6.12. The molecule has 1 aliphatic carbocycles. The Balaban J connectivity index is 1.09. The molecule has 0 N–H and O–H groups in total. The van der Waals surface area contributed by atoms with E-state index >= 15 is 0 Å². The maximum Gasteiger partial charge on any atom is 0.137 e. The summed E-state index contributed by atoms with van der Waals surface area (Å²) in [4.78, 5) is 0. The monoisotopic (exact) mass is 583 g/mol. The molecule has 212 valence electrons. The molecule has 46 heavy (non-hydrogen) atoms. The molecule has 0 spiro atoms. The number of rotatable bonds is 2. The summed E-state index contributed by atoms with van der Waals surface area (Å²) in [5, 5.41) is 9.91. The van der Waals surface area contributed by atoms with Gasteiger partial charge in [0.05, 0.1) is 11.0 Å². The standard InChI is InChI=1S/C44H25NO/c1-2-9-32-31(8-1)36-13-7-12-35-30(20-21-37(32)44(35)36)28-17-16-27-23-29(19-18-26(27)22-28)45-40-14-5-3-10-33(40)38-24-39-34-11-4-6-15-42(34)46-43(39)25-41(38)45/h1-25H. The van der Waals surface area contributed by atoms with Crippen LogP contribution in [-0.2, 0) is 0 Å². The van der Waals surface area contributed by atoms with Gasteiger partial charge in [-0.05, 0) is 91.3 Å². The van der Waals surface area contributed by atoms with Crippen LogP contribution in [0.25, 0.3) is 104 Å². The van der Waals surface area contributed by atoms with Gasteiger partial charge in [-0.1, -0.05) is 109 Å². The van der Waals surface area contributed by atoms with E-state index in [2.05, 4.69) is 144 Å². The number of hydrogen-bond donors (Lipinski definition) is 0. The van der Waals surface area contributed by atoms with Crippen molar-refractivity contribution < 1.29 is 4.42 Å². The molecule has 0 unspecified atom stereocenters. The van der Waals surface area contributed by atoms with Crippen molar-refractivity contribution in [2.45, 2.75) is 0 Å². The van der Waals surface area contributed by atoms with Gasteiger partial charge in [0.15, 0.2) is 0 Å². The van der Waals surface area contributed by atoms with Crippen LogP contribution in [0.1, 0.15) is 0 Å². The van der Waals surface area contributed by atoms with Crippen molar-refractivity contribution in [3.63, 3.8) is 0 Å². The molecular weight excluding hydrogens is 558 g/mol. The quantitative estimate of drug-likeness (QED) is 0.198. The first-order valence-corrected chi connectivity index (χ1v) is 15.8. The molecule has 0 radical (unpaired) electrons. The van der Waals surface area contributed by atoms with Gasteiger partial charge in [-0.15, -0.1) is 0 Å². The zero-order chi connectivity index (χ0) is 29.9. The lowest BCUT2D eigenvalue weighted by Gasteiger charge is -2.12. The summed E-state index contributed by atoms with van der Waals surface area (Å²) in [6, 6.07) is 55.4. The largest absolute Gasteiger partial charge is 0.456 e. The van der Waals surface area contributed by atoms with E-state index in [0.29, 0.717) is 0 Å². The first kappa shape index (κ1) is 24.2. The van der Waals surface area contributed by atoms with Crippen LogP contribution >= 0.6 is 0 Å². The van der Waals surface area contributed by atoms with E-state index in [-0.39, 0.29) is 0 Å². The van der Waals surface area contributed by atoms with E-state index in [1.165, 1.54) is 71.2 Å². The number of aromatic nitrogens is 1. The average Bonchev–Trinajstić information content (AvgIpc) is 3.75. The highest BCUT2D eigenvalue weighted by atomic mass is 16.3. The fourth-order valence-electron chi connectivity index (χ4n) is 8.07. The topological polar surface area (TPSA) is 18.1 Å². The predicted octanol–water partition coefficient (Wildman–Crippen LogP) is 12.3. The highest BCUT2D eigenvalue weighted by Gasteiger charge is 2.22. The third-order valence-electron chi connectivity index (χ3n) is 10.1. The zero-order valence-corrected chi connectivity index (χ0v) is 24.8. The molecule has 0 atom stereocenters. The minimum Gasteiger partial charge on any atom is -0.456 e. The van der Waals surface area contributed by atoms with Crippen molar-refractivity contribution in [3.05, 3.63) is 152 Å². The van der Waals surface area contributed by atoms with Gasteiger partial charge in [0.25, 0.3) is 0 Å². The summed E-state index contributed by atoms with van der Waals surface area (Å²) in [6.45, 7) is 0. The molecule has 2 aromatic heterocycles. The fraction of sp³-hybridized carbons (Fsp3) is 0. The maximum absolute atomic E-state index is 6.33. The van der Waals surface area contributed by atoms with E-state index in [4.69, 9.17) is 4.42 Å². The summed E-state index contributed by atoms with van der Waals surface area (Å²) < 4.78 is 8.71. The SMILES string of the molecule is c1ccc2c(c1)-c1cccc3c(-c4ccc5cc(-n6c7ccccc7c7cc8c(cc76)oc6ccccc68)ccc5c4)ccc-2c13. The van der Waals surface area contributed by atoms with Crippen LogP contribution in [0.15, 0.2) is 156 Å². The first-order chi connectivity index (χ1) is 22.8. The summed E-state index contributed by atoms with van der Waals surface area (Å²) in [7, 11) is 0. The van der Waals surface area contributed by atoms with Crippen molar-refractivity contribution in [2.24, 2.45) is 0 Å². The summed E-state index contributed by atoms with van der Waals surface area (Å²) >= 11 is 0. The van der Waals surface area contributed by atoms with Gasteiger partial charge in [-0.2, -0.15) is 0 Å². The van der Waals surface area contributed by atoms with Gasteiger partial charge < -0.3 is 8.98 Å². The van der Waals surface area contributed by atoms with Crippen molar-refractivity contribution >= 4 is 65.3 Å². The van der Waals surface area contributed by atoms with Gasteiger partial charge >= 0.3 is 0 Å². The Labute approximate surface area is 264 Å². The molecule has 2 nitrogen and oxygen atoms in total. The van der Waals surface area contributed by atoms with Crippen molar-refractivity contribution in [3.8, 4) is 39.1 Å². The van der Waals surface area contributed by atoms with Crippen LogP contribution in [-0.4, -0.2) is 4.57 Å². The molecule has 0 amide bonds. The molecule has 11 rings (SSSR count). The van der Waals surface area contributed by atoms with Crippen LogP contribution in [0, 0.1) is 0 Å². The first-order valence-electron chi connectivity index (χ1n) is 15.8. The molecule has 2 heteroatoms. The molecule has 10 aromatic rings. The third kappa shape index (κ3) is 3.15. The second-order valence-corrected chi connectivity index (χ2v) is 12.5. The highest BCUT2D eigenvalue weighted by molar-refractivity contribution is 6.19. The molecule has 0 aliphatic heterocycles. The fourth-order valence-corrected chi connectivity index (χ4v) is 8.07. The zero-order valence-electron chi connectivity index (χ0n) is 24.8. The Morgan fingerprint density at radius 2 is 1.07 bits per heavy atom. The minimum absolute atomic E-state index is 0.914. The second kappa shape index (κ2) is 8.74. The lowest BCUT2D eigenvalue weighted by atomic mass is 9.93. The second-order valence-electron chi connectivity index (χ2n) is 12.5. The molecule has 0 bridgehead atoms. The van der Waals surface area contributed by atoms with Crippen LogP contribution in [0.3, 0.4) is 0 Å². The lowest BCUT2D eigenvalue weighted by molar-refractivity contribution is 0.669. The van der Waals surface area contributed by atoms with Gasteiger partial charge in [0, 0.05) is 33.3 Å². The number of nitrogens with zero attached hydrogens (tertiary/aromatic N) is 1. The van der Waals surface area contributed by atoms with Crippen molar-refractivity contribution in [1.29, 1.82) is 0 Å². The third-order valence-corrected chi connectivity index (χ3v) is 10.1. The van der Waals surface area contributed by atoms with Gasteiger partial charge in [-0.3, -0.25) is 0 Å². The molecular formula is C44H25NO. The van der Waals surface area contributed by atoms with Gasteiger partial charge in [0.1, 0.15) is 11.2 Å². The molecule has 8 aromatic carbocycles. The lowest BCUT2D eigenvalue weighted by Crippen LogP contribution is -1.94. The molecule has 1 aliphatic rings. The van der Waals surface area contributed by atoms with E-state index in [9.17, 15) is 0 Å². The van der Waals surface area contributed by atoms with Crippen molar-refractivity contribution in [1.82, 2.24) is 4.57 Å². The number of hydrogen-bond acceptors (Lipinski definition) is 1. The highest BCUT2D eigenvalue weighted by Crippen LogP contribution is 2.49. The molecule has 0 saturated heterocycles. The Morgan fingerprint density at radius 3 is 1.98 bits per heavy atom. The average molecular weight is 584 g/mol. The normalized spacial score (nSPS) is 12.3. The van der Waals surface area contributed by atoms with Crippen LogP contribution in [0.2, 0.25) is 0 Å². The summed E-state index contributed by atoms with van der Waals surface area (Å²) in [6.07, 6.45) is 0. The Morgan fingerprint density at radius 1 is 0.370 bits per heavy atom. The molecule has 0 saturated carbocycles. The number of furan rings is 1. The Kier molecular flexibility index (Phi) is 4.61.